The van der Waals surface area contributed by atoms with E-state index in [-0.39, 0.29) is 12.1 Å². The molecule has 8 heteroatoms. The summed E-state index contributed by atoms with van der Waals surface area (Å²) in [5.74, 6) is 0.752. The van der Waals surface area contributed by atoms with Crippen molar-refractivity contribution in [1.82, 2.24) is 20.9 Å². The first-order valence-electron chi connectivity index (χ1n) is 11.1. The van der Waals surface area contributed by atoms with Crippen LogP contribution in [0, 0.1) is 6.92 Å². The average molecular weight is 434 g/mol. The Balaban J connectivity index is 1.79. The number of amides is 1. The Bertz CT molecular complexity index is 694. The minimum atomic E-state index is -0.483. The molecule has 1 heterocycles. The Hall–Kier alpha value is -2.32. The van der Waals surface area contributed by atoms with Gasteiger partial charge in [-0.1, -0.05) is 29.8 Å². The summed E-state index contributed by atoms with van der Waals surface area (Å²) >= 11 is 0. The molecule has 1 unspecified atom stereocenters. The molecule has 0 aliphatic carbocycles. The lowest BCUT2D eigenvalue weighted by atomic mass is 10.0. The third-order valence-corrected chi connectivity index (χ3v) is 4.95. The Kier molecular flexibility index (Phi) is 10.1. The number of carbonyl (C=O) groups is 1. The van der Waals surface area contributed by atoms with Crippen molar-refractivity contribution in [2.45, 2.75) is 45.8 Å². The first-order valence-corrected chi connectivity index (χ1v) is 11.1. The summed E-state index contributed by atoms with van der Waals surface area (Å²) in [6, 6.07) is 8.98. The van der Waals surface area contributed by atoms with Crippen LogP contribution in [0.4, 0.5) is 4.79 Å². The van der Waals surface area contributed by atoms with Gasteiger partial charge in [0.1, 0.15) is 5.60 Å². The number of ether oxygens (including phenoxy) is 2. The SMILES string of the molecule is CN=C(NCCCNC(=O)OC(C)(C)C)NCC(c1ccc(C)cc1)N1CCOCC1. The summed E-state index contributed by atoms with van der Waals surface area (Å²) in [6.07, 6.45) is 0.381. The van der Waals surface area contributed by atoms with Crippen LogP contribution >= 0.6 is 0 Å². The van der Waals surface area contributed by atoms with Gasteiger partial charge in [0.2, 0.25) is 0 Å². The molecule has 8 nitrogen and oxygen atoms in total. The molecule has 0 radical (unpaired) electrons. The number of rotatable bonds is 8. The zero-order chi connectivity index (χ0) is 22.7. The molecule has 1 aromatic carbocycles. The summed E-state index contributed by atoms with van der Waals surface area (Å²) in [6.45, 7) is 13.0. The van der Waals surface area contributed by atoms with E-state index in [0.29, 0.717) is 13.1 Å². The highest BCUT2D eigenvalue weighted by Gasteiger charge is 2.23. The van der Waals surface area contributed by atoms with Crippen molar-refractivity contribution >= 4 is 12.1 Å². The van der Waals surface area contributed by atoms with Crippen LogP contribution in [-0.2, 0) is 9.47 Å². The first kappa shape index (κ1) is 24.9. The van der Waals surface area contributed by atoms with Crippen LogP contribution in [0.5, 0.6) is 0 Å². The van der Waals surface area contributed by atoms with E-state index in [9.17, 15) is 4.79 Å². The van der Waals surface area contributed by atoms with Crippen molar-refractivity contribution in [1.29, 1.82) is 0 Å². The van der Waals surface area contributed by atoms with E-state index in [1.165, 1.54) is 11.1 Å². The van der Waals surface area contributed by atoms with Crippen LogP contribution in [0.15, 0.2) is 29.3 Å². The molecule has 1 saturated heterocycles. The van der Waals surface area contributed by atoms with Crippen LogP contribution in [0.25, 0.3) is 0 Å². The summed E-state index contributed by atoms with van der Waals surface area (Å²) < 4.78 is 10.8. The number of guanidine groups is 1. The van der Waals surface area contributed by atoms with E-state index in [4.69, 9.17) is 9.47 Å². The number of hydrogen-bond donors (Lipinski definition) is 3. The first-order chi connectivity index (χ1) is 14.8. The van der Waals surface area contributed by atoms with Crippen LogP contribution in [0.1, 0.15) is 44.4 Å². The second kappa shape index (κ2) is 12.5. The molecule has 3 N–H and O–H groups in total. The topological polar surface area (TPSA) is 87.2 Å². The van der Waals surface area contributed by atoms with Gasteiger partial charge in [0.15, 0.2) is 5.96 Å². The number of carbonyl (C=O) groups excluding carboxylic acids is 1. The van der Waals surface area contributed by atoms with Gasteiger partial charge in [-0.2, -0.15) is 0 Å². The van der Waals surface area contributed by atoms with Crippen molar-refractivity contribution in [3.8, 4) is 0 Å². The Morgan fingerprint density at radius 2 is 1.77 bits per heavy atom. The van der Waals surface area contributed by atoms with Gasteiger partial charge in [0.05, 0.1) is 19.3 Å². The number of nitrogens with one attached hydrogen (secondary N) is 3. The molecule has 0 saturated carbocycles. The smallest absolute Gasteiger partial charge is 0.407 e. The third kappa shape index (κ3) is 9.57. The fourth-order valence-corrected chi connectivity index (χ4v) is 3.35. The Labute approximate surface area is 186 Å². The fourth-order valence-electron chi connectivity index (χ4n) is 3.35. The standard InChI is InChI=1S/C23H39N5O3/c1-18-7-9-19(10-8-18)20(28-13-15-30-16-14-28)17-27-21(24-5)25-11-6-12-26-22(29)31-23(2,3)4/h7-10,20H,6,11-17H2,1-5H3,(H,26,29)(H2,24,25,27). The maximum absolute atomic E-state index is 11.7. The third-order valence-electron chi connectivity index (χ3n) is 4.95. The highest BCUT2D eigenvalue weighted by molar-refractivity contribution is 5.79. The van der Waals surface area contributed by atoms with Gasteiger partial charge in [-0.3, -0.25) is 9.89 Å². The van der Waals surface area contributed by atoms with Crippen LogP contribution < -0.4 is 16.0 Å². The summed E-state index contributed by atoms with van der Waals surface area (Å²) in [5.41, 5.74) is 2.06. The molecule has 1 aromatic rings. The van der Waals surface area contributed by atoms with Crippen molar-refractivity contribution in [3.05, 3.63) is 35.4 Å². The lowest BCUT2D eigenvalue weighted by Crippen LogP contribution is -2.46. The Morgan fingerprint density at radius 3 is 2.39 bits per heavy atom. The molecule has 0 spiro atoms. The normalized spacial score (nSPS) is 16.5. The van der Waals surface area contributed by atoms with Gasteiger partial charge in [-0.05, 0) is 39.7 Å². The van der Waals surface area contributed by atoms with Crippen molar-refractivity contribution in [2.75, 3.05) is 53.0 Å². The minimum Gasteiger partial charge on any atom is -0.444 e. The van der Waals surface area contributed by atoms with E-state index in [1.54, 1.807) is 7.05 Å². The van der Waals surface area contributed by atoms with Gasteiger partial charge in [-0.15, -0.1) is 0 Å². The quantitative estimate of drug-likeness (QED) is 0.332. The lowest BCUT2D eigenvalue weighted by molar-refractivity contribution is 0.0170. The number of alkyl carbamates (subject to hydrolysis) is 1. The number of hydrogen-bond acceptors (Lipinski definition) is 5. The number of aliphatic imine (C=N–C) groups is 1. The summed E-state index contributed by atoms with van der Waals surface area (Å²) in [7, 11) is 1.77. The van der Waals surface area contributed by atoms with Gasteiger partial charge >= 0.3 is 6.09 Å². The van der Waals surface area contributed by atoms with Crippen LogP contribution in [-0.4, -0.2) is 75.5 Å². The van der Waals surface area contributed by atoms with Gasteiger partial charge < -0.3 is 25.4 Å². The maximum atomic E-state index is 11.7. The van der Waals surface area contributed by atoms with Gasteiger partial charge in [0.25, 0.3) is 0 Å². The molecule has 1 aliphatic rings. The molecular weight excluding hydrogens is 394 g/mol. The monoisotopic (exact) mass is 433 g/mol. The molecule has 1 amide bonds. The van der Waals surface area contributed by atoms with Gasteiger partial charge in [-0.25, -0.2) is 4.79 Å². The van der Waals surface area contributed by atoms with Crippen LogP contribution in [0.3, 0.4) is 0 Å². The summed E-state index contributed by atoms with van der Waals surface area (Å²) in [4.78, 5) is 18.5. The van der Waals surface area contributed by atoms with E-state index in [2.05, 4.69) is 57.0 Å². The molecular formula is C23H39N5O3. The number of nitrogens with zero attached hydrogens (tertiary/aromatic N) is 2. The van der Waals surface area contributed by atoms with Crippen molar-refractivity contribution < 1.29 is 14.3 Å². The lowest BCUT2D eigenvalue weighted by Gasteiger charge is -2.35. The van der Waals surface area contributed by atoms with Crippen molar-refractivity contribution in [3.63, 3.8) is 0 Å². The molecule has 174 valence electrons. The fraction of sp³-hybridized carbons (Fsp3) is 0.652. The predicted octanol–water partition coefficient (Wildman–Crippen LogP) is 2.45. The molecule has 1 fully saturated rings. The second-order valence-electron chi connectivity index (χ2n) is 8.74. The number of morpholine rings is 1. The second-order valence-corrected chi connectivity index (χ2v) is 8.74. The summed E-state index contributed by atoms with van der Waals surface area (Å²) in [5, 5.41) is 9.54. The highest BCUT2D eigenvalue weighted by Crippen LogP contribution is 2.21. The van der Waals surface area contributed by atoms with E-state index < -0.39 is 5.60 Å². The van der Waals surface area contributed by atoms with Gasteiger partial charge in [0, 0.05) is 39.8 Å². The molecule has 1 aliphatic heterocycles. The zero-order valence-corrected chi connectivity index (χ0v) is 19.7. The molecule has 1 atom stereocenters. The molecule has 0 bridgehead atoms. The molecule has 31 heavy (non-hydrogen) atoms. The van der Waals surface area contributed by atoms with E-state index in [0.717, 1.165) is 45.2 Å². The van der Waals surface area contributed by atoms with E-state index in [1.807, 2.05) is 20.8 Å². The Morgan fingerprint density at radius 1 is 1.13 bits per heavy atom. The van der Waals surface area contributed by atoms with E-state index >= 15 is 0 Å². The van der Waals surface area contributed by atoms with Crippen LogP contribution in [0.2, 0.25) is 0 Å². The number of aryl methyl sites for hydroxylation is 1. The predicted molar refractivity (Wildman–Crippen MR) is 125 cm³/mol. The maximum Gasteiger partial charge on any atom is 0.407 e. The highest BCUT2D eigenvalue weighted by atomic mass is 16.6. The molecule has 2 rings (SSSR count). The largest absolute Gasteiger partial charge is 0.444 e. The average Bonchev–Trinajstić information content (AvgIpc) is 2.73. The minimum absolute atomic E-state index is 0.247. The molecule has 0 aromatic heterocycles. The number of benzene rings is 1. The zero-order valence-electron chi connectivity index (χ0n) is 19.7. The van der Waals surface area contributed by atoms with Crippen molar-refractivity contribution in [2.24, 2.45) is 4.99 Å².